The average molecular weight is 340 g/mol. The van der Waals surface area contributed by atoms with Crippen LogP contribution in [0.25, 0.3) is 0 Å². The summed E-state index contributed by atoms with van der Waals surface area (Å²) >= 11 is 0. The molecule has 0 aromatic heterocycles. The summed E-state index contributed by atoms with van der Waals surface area (Å²) in [7, 11) is -1.80. The zero-order chi connectivity index (χ0) is 17.0. The molecular weight excluding hydrogens is 312 g/mol. The number of benzene rings is 1. The highest BCUT2D eigenvalue weighted by Crippen LogP contribution is 2.35. The van der Waals surface area contributed by atoms with E-state index in [4.69, 9.17) is 4.74 Å². The molecule has 0 spiro atoms. The second kappa shape index (κ2) is 7.64. The van der Waals surface area contributed by atoms with E-state index in [0.29, 0.717) is 18.4 Å². The van der Waals surface area contributed by atoms with E-state index in [-0.39, 0.29) is 12.6 Å². The number of nitrogens with zero attached hydrogens (tertiary/aromatic N) is 1. The number of rotatable bonds is 9. The molecule has 1 aromatic rings. The first-order valence-corrected chi connectivity index (χ1v) is 9.71. The van der Waals surface area contributed by atoms with E-state index in [2.05, 4.69) is 18.6 Å². The highest BCUT2D eigenvalue weighted by atomic mass is 32.2. The van der Waals surface area contributed by atoms with E-state index in [9.17, 15) is 8.42 Å². The minimum atomic E-state index is -3.44. The van der Waals surface area contributed by atoms with Gasteiger partial charge in [0, 0.05) is 19.6 Å². The molecule has 1 saturated carbocycles. The van der Waals surface area contributed by atoms with Gasteiger partial charge in [0.05, 0.1) is 0 Å². The Morgan fingerprint density at radius 3 is 2.52 bits per heavy atom. The number of ether oxygens (including phenoxy) is 1. The maximum absolute atomic E-state index is 12.2. The van der Waals surface area contributed by atoms with Gasteiger partial charge >= 0.3 is 0 Å². The van der Waals surface area contributed by atoms with Gasteiger partial charge in [-0.15, -0.1) is 0 Å². The van der Waals surface area contributed by atoms with Crippen LogP contribution in [0.4, 0.5) is 0 Å². The lowest BCUT2D eigenvalue weighted by Crippen LogP contribution is -2.44. The van der Waals surface area contributed by atoms with Gasteiger partial charge in [-0.05, 0) is 43.2 Å². The van der Waals surface area contributed by atoms with Gasteiger partial charge < -0.3 is 4.74 Å². The van der Waals surface area contributed by atoms with Crippen molar-refractivity contribution >= 4 is 10.2 Å². The third-order valence-corrected chi connectivity index (χ3v) is 6.10. The van der Waals surface area contributed by atoms with Crippen molar-refractivity contribution in [2.24, 2.45) is 5.92 Å². The quantitative estimate of drug-likeness (QED) is 0.703. The van der Waals surface area contributed by atoms with Crippen molar-refractivity contribution in [1.29, 1.82) is 0 Å². The normalized spacial score (nSPS) is 16.8. The van der Waals surface area contributed by atoms with E-state index in [1.807, 2.05) is 31.2 Å². The zero-order valence-corrected chi connectivity index (χ0v) is 15.3. The lowest BCUT2D eigenvalue weighted by molar-refractivity contribution is 0.311. The molecule has 2 rings (SSSR count). The molecule has 6 heteroatoms. The Morgan fingerprint density at radius 1 is 1.26 bits per heavy atom. The van der Waals surface area contributed by atoms with E-state index in [1.54, 1.807) is 7.05 Å². The van der Waals surface area contributed by atoms with E-state index in [0.717, 1.165) is 24.2 Å². The molecule has 1 unspecified atom stereocenters. The number of para-hydroxylation sites is 1. The minimum Gasteiger partial charge on any atom is -0.492 e. The predicted octanol–water partition coefficient (Wildman–Crippen LogP) is 2.75. The molecule has 0 saturated heterocycles. The summed E-state index contributed by atoms with van der Waals surface area (Å²) in [5, 5.41) is 0. The van der Waals surface area contributed by atoms with Gasteiger partial charge in [0.2, 0.25) is 0 Å². The topological polar surface area (TPSA) is 58.6 Å². The molecule has 1 atom stereocenters. The molecule has 130 valence electrons. The highest BCUT2D eigenvalue weighted by molar-refractivity contribution is 7.87. The predicted molar refractivity (Wildman–Crippen MR) is 92.9 cm³/mol. The maximum Gasteiger partial charge on any atom is 0.279 e. The number of nitrogens with one attached hydrogen (secondary N) is 1. The molecule has 0 radical (unpaired) electrons. The fourth-order valence-electron chi connectivity index (χ4n) is 2.62. The van der Waals surface area contributed by atoms with Crippen molar-refractivity contribution in [1.82, 2.24) is 9.03 Å². The third-order valence-electron chi connectivity index (χ3n) is 4.44. The molecule has 0 amide bonds. The van der Waals surface area contributed by atoms with Gasteiger partial charge in [0.25, 0.3) is 10.2 Å². The maximum atomic E-state index is 12.2. The van der Waals surface area contributed by atoms with Crippen LogP contribution in [-0.4, -0.2) is 39.0 Å². The van der Waals surface area contributed by atoms with Crippen molar-refractivity contribution in [3.63, 3.8) is 0 Å². The van der Waals surface area contributed by atoms with Crippen LogP contribution < -0.4 is 9.46 Å². The van der Waals surface area contributed by atoms with Crippen LogP contribution in [0.3, 0.4) is 0 Å². The van der Waals surface area contributed by atoms with Crippen LogP contribution in [0.1, 0.15) is 45.1 Å². The summed E-state index contributed by atoms with van der Waals surface area (Å²) < 4.78 is 34.3. The first kappa shape index (κ1) is 18.2. The SMILES string of the molecule is CC(C)c1ccccc1OCCNS(=O)(=O)N(C)C(C)C1CC1. The summed E-state index contributed by atoms with van der Waals surface area (Å²) in [5.74, 6) is 1.69. The molecule has 1 N–H and O–H groups in total. The van der Waals surface area contributed by atoms with E-state index in [1.165, 1.54) is 4.31 Å². The molecule has 1 aliphatic carbocycles. The monoisotopic (exact) mass is 340 g/mol. The number of hydrogen-bond acceptors (Lipinski definition) is 3. The van der Waals surface area contributed by atoms with Crippen LogP contribution in [0.15, 0.2) is 24.3 Å². The van der Waals surface area contributed by atoms with Gasteiger partial charge in [-0.3, -0.25) is 0 Å². The van der Waals surface area contributed by atoms with Gasteiger partial charge in [-0.2, -0.15) is 17.4 Å². The Hall–Kier alpha value is -1.11. The van der Waals surface area contributed by atoms with Gasteiger partial charge in [-0.1, -0.05) is 32.0 Å². The summed E-state index contributed by atoms with van der Waals surface area (Å²) in [6, 6.07) is 7.92. The lowest BCUT2D eigenvalue weighted by Gasteiger charge is -2.24. The largest absolute Gasteiger partial charge is 0.492 e. The Kier molecular flexibility index (Phi) is 6.06. The van der Waals surface area contributed by atoms with Crippen LogP contribution >= 0.6 is 0 Å². The fraction of sp³-hybridized carbons (Fsp3) is 0.647. The van der Waals surface area contributed by atoms with Crippen LogP contribution in [0, 0.1) is 5.92 Å². The van der Waals surface area contributed by atoms with Crippen LogP contribution in [0.2, 0.25) is 0 Å². The molecule has 1 aromatic carbocycles. The Bertz CT molecular complexity index is 612. The van der Waals surface area contributed by atoms with Gasteiger partial charge in [-0.25, -0.2) is 0 Å². The summed E-state index contributed by atoms with van der Waals surface area (Å²) in [5.41, 5.74) is 1.13. The first-order valence-electron chi connectivity index (χ1n) is 8.27. The smallest absolute Gasteiger partial charge is 0.279 e. The van der Waals surface area contributed by atoms with Crippen molar-refractivity contribution in [2.75, 3.05) is 20.2 Å². The van der Waals surface area contributed by atoms with Crippen molar-refractivity contribution in [3.05, 3.63) is 29.8 Å². The lowest BCUT2D eigenvalue weighted by atomic mass is 10.0. The standard InChI is InChI=1S/C17H28N2O3S/c1-13(2)16-7-5-6-8-17(16)22-12-11-18-23(20,21)19(4)14(3)15-9-10-15/h5-8,13-15,18H,9-12H2,1-4H3. The molecule has 5 nitrogen and oxygen atoms in total. The molecule has 1 aliphatic rings. The second-order valence-electron chi connectivity index (χ2n) is 6.53. The Labute approximate surface area is 140 Å². The van der Waals surface area contributed by atoms with Gasteiger partial charge in [0.15, 0.2) is 0 Å². The van der Waals surface area contributed by atoms with E-state index < -0.39 is 10.2 Å². The average Bonchev–Trinajstić information content (AvgIpc) is 3.35. The summed E-state index contributed by atoms with van der Waals surface area (Å²) in [6.07, 6.45) is 2.24. The molecular formula is C17H28N2O3S. The molecule has 0 heterocycles. The van der Waals surface area contributed by atoms with E-state index >= 15 is 0 Å². The highest BCUT2D eigenvalue weighted by Gasteiger charge is 2.35. The molecule has 1 fully saturated rings. The fourth-order valence-corrected chi connectivity index (χ4v) is 3.77. The molecule has 0 bridgehead atoms. The first-order chi connectivity index (χ1) is 10.8. The van der Waals surface area contributed by atoms with Crippen molar-refractivity contribution in [2.45, 2.75) is 45.6 Å². The zero-order valence-electron chi connectivity index (χ0n) is 14.5. The Balaban J connectivity index is 1.83. The van der Waals surface area contributed by atoms with Gasteiger partial charge in [0.1, 0.15) is 12.4 Å². The molecule has 23 heavy (non-hydrogen) atoms. The van der Waals surface area contributed by atoms with Crippen molar-refractivity contribution < 1.29 is 13.2 Å². The molecule has 0 aliphatic heterocycles. The van der Waals surface area contributed by atoms with Crippen LogP contribution in [0.5, 0.6) is 5.75 Å². The van der Waals surface area contributed by atoms with Crippen molar-refractivity contribution in [3.8, 4) is 5.75 Å². The minimum absolute atomic E-state index is 0.0510. The summed E-state index contributed by atoms with van der Waals surface area (Å²) in [4.78, 5) is 0. The summed E-state index contributed by atoms with van der Waals surface area (Å²) in [6.45, 7) is 6.76. The second-order valence-corrected chi connectivity index (χ2v) is 8.35. The number of hydrogen-bond donors (Lipinski definition) is 1. The van der Waals surface area contributed by atoms with Crippen LogP contribution in [-0.2, 0) is 10.2 Å². The Morgan fingerprint density at radius 2 is 1.91 bits per heavy atom. The third kappa shape index (κ3) is 4.93.